The number of halogens is 1. The summed E-state index contributed by atoms with van der Waals surface area (Å²) in [5.41, 5.74) is 0.998. The lowest BCUT2D eigenvalue weighted by molar-refractivity contribution is -0.00928. The highest BCUT2D eigenvalue weighted by Gasteiger charge is 2.42. The van der Waals surface area contributed by atoms with Crippen LogP contribution in [-0.4, -0.2) is 48.0 Å². The zero-order chi connectivity index (χ0) is 19.7. The Hall–Kier alpha value is -2.40. The van der Waals surface area contributed by atoms with Gasteiger partial charge in [-0.2, -0.15) is 0 Å². The van der Waals surface area contributed by atoms with Gasteiger partial charge in [0, 0.05) is 23.7 Å². The standard InChI is InChI=1S/C23H27FN2O2/c1-25(2)20-10-12-23(13-11-20)16-26(15-18-6-3-4-9-21(18)28-23)22(27)17-7-5-8-19(24)14-17/h3-9,14,20H,10-13,15-16H2,1-2H3. The molecule has 4 nitrogen and oxygen atoms in total. The monoisotopic (exact) mass is 382 g/mol. The minimum Gasteiger partial charge on any atom is -0.485 e. The van der Waals surface area contributed by atoms with Gasteiger partial charge in [0.15, 0.2) is 0 Å². The Morgan fingerprint density at radius 1 is 1.14 bits per heavy atom. The summed E-state index contributed by atoms with van der Waals surface area (Å²) in [6.07, 6.45) is 3.88. The van der Waals surface area contributed by atoms with Gasteiger partial charge in [-0.15, -0.1) is 0 Å². The molecule has 28 heavy (non-hydrogen) atoms. The van der Waals surface area contributed by atoms with Crippen molar-refractivity contribution in [3.8, 4) is 5.75 Å². The van der Waals surface area contributed by atoms with E-state index in [0.29, 0.717) is 24.7 Å². The van der Waals surface area contributed by atoms with Gasteiger partial charge in [-0.25, -0.2) is 4.39 Å². The first-order valence-electron chi connectivity index (χ1n) is 9.94. The number of ether oxygens (including phenoxy) is 1. The van der Waals surface area contributed by atoms with E-state index >= 15 is 0 Å². The molecule has 5 heteroatoms. The van der Waals surface area contributed by atoms with E-state index in [-0.39, 0.29) is 11.5 Å². The van der Waals surface area contributed by atoms with Gasteiger partial charge in [-0.3, -0.25) is 4.79 Å². The number of benzene rings is 2. The summed E-state index contributed by atoms with van der Waals surface area (Å²) < 4.78 is 20.2. The van der Waals surface area contributed by atoms with Crippen LogP contribution >= 0.6 is 0 Å². The number of hydrogen-bond donors (Lipinski definition) is 0. The average Bonchev–Trinajstić information content (AvgIpc) is 2.84. The maximum absolute atomic E-state index is 13.7. The molecular formula is C23H27FN2O2. The summed E-state index contributed by atoms with van der Waals surface area (Å²) in [7, 11) is 4.23. The molecule has 0 aromatic heterocycles. The van der Waals surface area contributed by atoms with Crippen LogP contribution in [0, 0.1) is 5.82 Å². The molecule has 0 N–H and O–H groups in total. The molecule has 4 rings (SSSR count). The Labute approximate surface area is 165 Å². The molecular weight excluding hydrogens is 355 g/mol. The van der Waals surface area contributed by atoms with E-state index in [1.54, 1.807) is 12.1 Å². The van der Waals surface area contributed by atoms with Gasteiger partial charge in [0.05, 0.1) is 6.54 Å². The van der Waals surface area contributed by atoms with Crippen LogP contribution in [0.1, 0.15) is 41.6 Å². The Bertz CT molecular complexity index is 859. The molecule has 0 saturated heterocycles. The molecule has 2 aromatic carbocycles. The molecule has 1 saturated carbocycles. The Kier molecular flexibility index (Phi) is 5.11. The molecule has 0 radical (unpaired) electrons. The van der Waals surface area contributed by atoms with Crippen molar-refractivity contribution in [1.29, 1.82) is 0 Å². The maximum atomic E-state index is 13.7. The summed E-state index contributed by atoms with van der Waals surface area (Å²) in [6, 6.07) is 14.4. The first-order chi connectivity index (χ1) is 13.5. The topological polar surface area (TPSA) is 32.8 Å². The minimum atomic E-state index is -0.390. The van der Waals surface area contributed by atoms with Crippen LogP contribution in [0.5, 0.6) is 5.75 Å². The van der Waals surface area contributed by atoms with E-state index in [9.17, 15) is 9.18 Å². The Morgan fingerprint density at radius 2 is 1.89 bits per heavy atom. The molecule has 2 aromatic rings. The lowest BCUT2D eigenvalue weighted by atomic mass is 9.81. The number of carbonyl (C=O) groups excluding carboxylic acids is 1. The van der Waals surface area contributed by atoms with Gasteiger partial charge in [0.1, 0.15) is 17.2 Å². The van der Waals surface area contributed by atoms with Crippen molar-refractivity contribution in [3.05, 3.63) is 65.5 Å². The lowest BCUT2D eigenvalue weighted by Gasteiger charge is -2.43. The second kappa shape index (κ2) is 7.55. The quantitative estimate of drug-likeness (QED) is 0.784. The summed E-state index contributed by atoms with van der Waals surface area (Å²) in [5, 5.41) is 0. The van der Waals surface area contributed by atoms with Crippen molar-refractivity contribution in [2.75, 3.05) is 20.6 Å². The van der Waals surface area contributed by atoms with Gasteiger partial charge >= 0.3 is 0 Å². The first kappa shape index (κ1) is 18.9. The smallest absolute Gasteiger partial charge is 0.254 e. The number of carbonyl (C=O) groups is 1. The largest absolute Gasteiger partial charge is 0.485 e. The predicted octanol–water partition coefficient (Wildman–Crippen LogP) is 4.10. The zero-order valence-electron chi connectivity index (χ0n) is 16.5. The normalized spacial score (nSPS) is 24.6. The number of para-hydroxylation sites is 1. The lowest BCUT2D eigenvalue weighted by Crippen LogP contribution is -2.51. The SMILES string of the molecule is CN(C)C1CCC2(CC1)CN(C(=O)c1cccc(F)c1)Cc1ccccc1O2. The molecule has 1 aliphatic carbocycles. The Morgan fingerprint density at radius 3 is 2.61 bits per heavy atom. The molecule has 1 fully saturated rings. The van der Waals surface area contributed by atoms with Gasteiger partial charge < -0.3 is 14.5 Å². The summed E-state index contributed by atoms with van der Waals surface area (Å²) in [4.78, 5) is 17.3. The van der Waals surface area contributed by atoms with Crippen LogP contribution in [-0.2, 0) is 6.54 Å². The van der Waals surface area contributed by atoms with Crippen molar-refractivity contribution in [2.24, 2.45) is 0 Å². The molecule has 148 valence electrons. The van der Waals surface area contributed by atoms with Gasteiger partial charge in [-0.05, 0) is 64.0 Å². The Balaban J connectivity index is 1.65. The summed E-state index contributed by atoms with van der Waals surface area (Å²) in [6.45, 7) is 1.00. The third kappa shape index (κ3) is 3.76. The molecule has 1 aliphatic heterocycles. The van der Waals surface area contributed by atoms with Crippen molar-refractivity contribution in [3.63, 3.8) is 0 Å². The van der Waals surface area contributed by atoms with E-state index in [2.05, 4.69) is 19.0 Å². The van der Waals surface area contributed by atoms with E-state index in [1.807, 2.05) is 29.2 Å². The van der Waals surface area contributed by atoms with Crippen LogP contribution < -0.4 is 4.74 Å². The predicted molar refractivity (Wildman–Crippen MR) is 107 cm³/mol. The van der Waals surface area contributed by atoms with E-state index in [0.717, 1.165) is 37.0 Å². The second-order valence-electron chi connectivity index (χ2n) is 8.26. The number of nitrogens with zero attached hydrogens (tertiary/aromatic N) is 2. The van der Waals surface area contributed by atoms with E-state index in [4.69, 9.17) is 4.74 Å². The number of rotatable bonds is 2. The van der Waals surface area contributed by atoms with Crippen molar-refractivity contribution >= 4 is 5.91 Å². The van der Waals surface area contributed by atoms with E-state index in [1.165, 1.54) is 12.1 Å². The molecule has 0 bridgehead atoms. The van der Waals surface area contributed by atoms with Crippen LogP contribution in [0.4, 0.5) is 4.39 Å². The molecule has 1 amide bonds. The highest BCUT2D eigenvalue weighted by molar-refractivity contribution is 5.94. The summed E-state index contributed by atoms with van der Waals surface area (Å²) >= 11 is 0. The van der Waals surface area contributed by atoms with Crippen LogP contribution in [0.3, 0.4) is 0 Å². The summed E-state index contributed by atoms with van der Waals surface area (Å²) in [5.74, 6) is 0.327. The zero-order valence-corrected chi connectivity index (χ0v) is 16.5. The van der Waals surface area contributed by atoms with Crippen LogP contribution in [0.15, 0.2) is 48.5 Å². The third-order valence-electron chi connectivity index (χ3n) is 6.09. The highest BCUT2D eigenvalue weighted by Crippen LogP contribution is 2.39. The van der Waals surface area contributed by atoms with E-state index < -0.39 is 5.82 Å². The third-order valence-corrected chi connectivity index (χ3v) is 6.09. The van der Waals surface area contributed by atoms with Gasteiger partial charge in [-0.1, -0.05) is 24.3 Å². The van der Waals surface area contributed by atoms with Crippen molar-refractivity contribution < 1.29 is 13.9 Å². The van der Waals surface area contributed by atoms with Crippen molar-refractivity contribution in [2.45, 2.75) is 43.9 Å². The fourth-order valence-electron chi connectivity index (χ4n) is 4.46. The molecule has 2 aliphatic rings. The number of fused-ring (bicyclic) bond motifs is 1. The number of amides is 1. The highest BCUT2D eigenvalue weighted by atomic mass is 19.1. The van der Waals surface area contributed by atoms with Gasteiger partial charge in [0.2, 0.25) is 0 Å². The average molecular weight is 382 g/mol. The minimum absolute atomic E-state index is 0.145. The molecule has 1 heterocycles. The molecule has 0 unspecified atom stereocenters. The fourth-order valence-corrected chi connectivity index (χ4v) is 4.46. The maximum Gasteiger partial charge on any atom is 0.254 e. The van der Waals surface area contributed by atoms with Crippen LogP contribution in [0.25, 0.3) is 0 Å². The van der Waals surface area contributed by atoms with Gasteiger partial charge in [0.25, 0.3) is 5.91 Å². The molecule has 1 spiro atoms. The fraction of sp³-hybridized carbons (Fsp3) is 0.435. The van der Waals surface area contributed by atoms with Crippen molar-refractivity contribution in [1.82, 2.24) is 9.80 Å². The second-order valence-corrected chi connectivity index (χ2v) is 8.26. The molecule has 0 atom stereocenters. The van der Waals surface area contributed by atoms with Crippen LogP contribution in [0.2, 0.25) is 0 Å². The number of hydrogen-bond acceptors (Lipinski definition) is 3. The first-order valence-corrected chi connectivity index (χ1v) is 9.94.